The number of rotatable bonds is 11. The smallest absolute Gasteiger partial charge is 0.124 e. The van der Waals surface area contributed by atoms with Crippen molar-refractivity contribution >= 4 is 145 Å². The maximum absolute atomic E-state index is 12.6. The van der Waals surface area contributed by atoms with E-state index in [1.54, 1.807) is 61.6 Å². The van der Waals surface area contributed by atoms with Gasteiger partial charge in [0.2, 0.25) is 11.8 Å². The number of aliphatic carboxylic acids is 1. The SMILES string of the molecule is COc1ccc(N(C(=O)CC(=O)O)c2cccc(-c3ccccc3)n2)cc1.COc1ccc(N(C(C)=O)c2cccc(-c3ccccc3)n2)cc1.I.II.I[I-]I.Nc1cccc(-c2ccccc2)n1. The molecule has 0 atom stereocenters. The van der Waals surface area contributed by atoms with Crippen LogP contribution >= 0.6 is 98.4 Å². The zero-order valence-electron chi connectivity index (χ0n) is 37.8. The van der Waals surface area contributed by atoms with Crippen LogP contribution in [0.5, 0.6) is 11.5 Å². The number of ether oxygens (including phenoxy) is 2. The van der Waals surface area contributed by atoms with E-state index in [4.69, 9.17) is 20.3 Å². The van der Waals surface area contributed by atoms with Crippen LogP contribution in [0.25, 0.3) is 33.8 Å². The van der Waals surface area contributed by atoms with Crippen LogP contribution in [0.3, 0.4) is 0 Å². The third-order valence-corrected chi connectivity index (χ3v) is 9.43. The molecule has 70 heavy (non-hydrogen) atoms. The molecule has 0 saturated heterocycles. The Hall–Kier alpha value is -4.26. The molecule has 364 valence electrons. The Morgan fingerprint density at radius 1 is 0.529 bits per heavy atom. The van der Waals surface area contributed by atoms with Crippen LogP contribution in [0, 0.1) is 0 Å². The minimum Gasteiger partial charge on any atom is -0.384 e. The average molecular weight is 1610 g/mol. The van der Waals surface area contributed by atoms with E-state index >= 15 is 0 Å². The van der Waals surface area contributed by atoms with Crippen LogP contribution in [0.1, 0.15) is 13.3 Å². The molecule has 0 aliphatic rings. The average Bonchev–Trinajstić information content (AvgIpc) is 3.39. The van der Waals surface area contributed by atoms with Gasteiger partial charge in [0.1, 0.15) is 35.4 Å². The summed E-state index contributed by atoms with van der Waals surface area (Å²) in [5.41, 5.74) is 12.3. The second-order valence-corrected chi connectivity index (χ2v) is 30.2. The first kappa shape index (κ1) is 60.0. The van der Waals surface area contributed by atoms with E-state index in [1.807, 2.05) is 152 Å². The first-order valence-corrected chi connectivity index (χ1v) is 39.4. The number of hydrogen-bond donors (Lipinski definition) is 2. The Morgan fingerprint density at radius 2 is 0.871 bits per heavy atom. The van der Waals surface area contributed by atoms with Crippen molar-refractivity contribution in [2.45, 2.75) is 13.3 Å². The third-order valence-electron chi connectivity index (χ3n) is 9.43. The molecule has 0 aliphatic heterocycles. The molecule has 3 heterocycles. The van der Waals surface area contributed by atoms with E-state index in [-0.39, 0.29) is 29.9 Å². The van der Waals surface area contributed by atoms with Crippen LogP contribution < -0.4 is 38.3 Å². The first-order chi connectivity index (χ1) is 33.5. The number of nitrogens with zero attached hydrogens (tertiary/aromatic N) is 5. The molecule has 0 fully saturated rings. The Kier molecular flexibility index (Phi) is 28.7. The molecular weight excluding hydrogens is 1570 g/mol. The van der Waals surface area contributed by atoms with E-state index in [0.29, 0.717) is 47.8 Å². The molecule has 8 rings (SSSR count). The van der Waals surface area contributed by atoms with Gasteiger partial charge in [-0.2, -0.15) is 0 Å². The number of amides is 2. The van der Waals surface area contributed by atoms with Crippen LogP contribution in [-0.4, -0.2) is 52.1 Å². The Balaban J connectivity index is 0.000000275. The summed E-state index contributed by atoms with van der Waals surface area (Å²) < 4.78 is 10.3. The molecule has 0 spiro atoms. The van der Waals surface area contributed by atoms with Crippen molar-refractivity contribution in [1.29, 1.82) is 0 Å². The van der Waals surface area contributed by atoms with Gasteiger partial charge in [0.15, 0.2) is 0 Å². The monoisotopic (exact) mass is 1610 g/mol. The summed E-state index contributed by atoms with van der Waals surface area (Å²) in [4.78, 5) is 52.3. The maximum atomic E-state index is 12.6. The number of pyridine rings is 3. The zero-order chi connectivity index (χ0) is 50.0. The summed E-state index contributed by atoms with van der Waals surface area (Å²) in [7, 11) is 3.16. The molecule has 18 heteroatoms. The van der Waals surface area contributed by atoms with Crippen molar-refractivity contribution in [1.82, 2.24) is 15.0 Å². The van der Waals surface area contributed by atoms with Gasteiger partial charge in [0, 0.05) is 60.8 Å². The Labute approximate surface area is 478 Å². The van der Waals surface area contributed by atoms with Crippen molar-refractivity contribution < 1.29 is 42.2 Å². The van der Waals surface area contributed by atoms with Crippen LogP contribution in [-0.2, 0) is 14.4 Å². The van der Waals surface area contributed by atoms with Crippen molar-refractivity contribution in [2.24, 2.45) is 0 Å². The molecule has 0 unspecified atom stereocenters. The standard InChI is InChI=1S/C21H18N2O4.C20H18N2O2.C11H10N2.I3.I2.HI/c1-27-17-12-10-16(11-13-17)23(20(24)14-21(25)26)19-9-5-8-18(22-19)15-6-3-2-4-7-15;1-15(23)22(17-11-13-18(24-2)14-12-17)20-10-6-9-19(21-20)16-7-4-3-5-8-16;12-11-8-4-7-10(13-11)9-5-2-1-3-6-9;1-3-2;1-2;/h2-13H,14H2,1H3,(H,25,26);3-14H,1-2H3;1-8H,(H2,12,13);;;1H/q;;;-1;;. The van der Waals surface area contributed by atoms with E-state index in [2.05, 4.69) is 89.4 Å². The second-order valence-electron chi connectivity index (χ2n) is 13.9. The number of carboxylic acid groups (broad SMARTS) is 1. The number of halogens is 6. The van der Waals surface area contributed by atoms with Gasteiger partial charge in [-0.3, -0.25) is 24.2 Å². The van der Waals surface area contributed by atoms with Crippen LogP contribution in [0.15, 0.2) is 194 Å². The molecule has 5 aromatic carbocycles. The number of carboxylic acids is 1. The summed E-state index contributed by atoms with van der Waals surface area (Å²) >= 11 is 9.54. The van der Waals surface area contributed by atoms with Crippen LogP contribution in [0.2, 0.25) is 0 Å². The predicted octanol–water partition coefficient (Wildman–Crippen LogP) is 11.8. The van der Waals surface area contributed by atoms with Gasteiger partial charge in [0.05, 0.1) is 42.7 Å². The van der Waals surface area contributed by atoms with Crippen LogP contribution in [0.4, 0.5) is 28.8 Å². The minimum absolute atomic E-state index is 0. The fourth-order valence-electron chi connectivity index (χ4n) is 6.41. The van der Waals surface area contributed by atoms with Gasteiger partial charge < -0.3 is 20.3 Å². The summed E-state index contributed by atoms with van der Waals surface area (Å²) in [6.07, 6.45) is -0.636. The number of carbonyl (C=O) groups is 3. The molecular formula is C52H47I6N6O6-. The normalized spacial score (nSPS) is 9.70. The van der Waals surface area contributed by atoms with E-state index in [9.17, 15) is 14.4 Å². The summed E-state index contributed by atoms with van der Waals surface area (Å²) in [6.45, 7) is 1.53. The van der Waals surface area contributed by atoms with E-state index < -0.39 is 18.3 Å². The number of nitrogens with two attached hydrogens (primary N) is 1. The number of aromatic nitrogens is 3. The molecule has 0 bridgehead atoms. The molecule has 3 aromatic heterocycles. The molecule has 12 nitrogen and oxygen atoms in total. The number of hydrogen-bond acceptors (Lipinski definition) is 9. The summed E-state index contributed by atoms with van der Waals surface area (Å²) in [6, 6.07) is 60.2. The van der Waals surface area contributed by atoms with Gasteiger partial charge >= 0.3 is 56.5 Å². The van der Waals surface area contributed by atoms with E-state index in [1.165, 1.54) is 11.8 Å². The molecule has 2 amide bonds. The zero-order valence-corrected chi connectivity index (χ0v) is 50.9. The first-order valence-electron chi connectivity index (χ1n) is 20.5. The summed E-state index contributed by atoms with van der Waals surface area (Å²) in [5, 5.41) is 9.05. The van der Waals surface area contributed by atoms with Gasteiger partial charge in [0.25, 0.3) is 0 Å². The van der Waals surface area contributed by atoms with Crippen molar-refractivity contribution in [3.05, 3.63) is 194 Å². The minimum atomic E-state index is -1.20. The number of nitrogen functional groups attached to an aromatic ring is 1. The van der Waals surface area contributed by atoms with Gasteiger partial charge in [-0.25, -0.2) is 15.0 Å². The fraction of sp³-hybridized carbons (Fsp3) is 0.0769. The topological polar surface area (TPSA) is 161 Å². The largest absolute Gasteiger partial charge is 0.384 e. The molecule has 0 radical (unpaired) electrons. The van der Waals surface area contributed by atoms with Crippen molar-refractivity contribution in [3.8, 4) is 45.3 Å². The molecule has 0 saturated carbocycles. The van der Waals surface area contributed by atoms with Gasteiger partial charge in [-0.05, 0) is 84.9 Å². The molecule has 0 aliphatic carbocycles. The predicted molar refractivity (Wildman–Crippen MR) is 323 cm³/mol. The third kappa shape index (κ3) is 19.4. The quantitative estimate of drug-likeness (QED) is 0.0942. The molecule has 3 N–H and O–H groups in total. The van der Waals surface area contributed by atoms with Crippen molar-refractivity contribution in [2.75, 3.05) is 29.8 Å². The second kappa shape index (κ2) is 33.4. The summed E-state index contributed by atoms with van der Waals surface area (Å²) in [5.74, 6) is 1.01. The number of methoxy groups -OCH3 is 2. The Morgan fingerprint density at radius 3 is 1.21 bits per heavy atom. The fourth-order valence-corrected chi connectivity index (χ4v) is 6.41. The Bertz CT molecular complexity index is 2800. The van der Waals surface area contributed by atoms with E-state index in [0.717, 1.165) is 39.5 Å². The number of anilines is 5. The van der Waals surface area contributed by atoms with Gasteiger partial charge in [-0.15, -0.1) is 24.0 Å². The van der Waals surface area contributed by atoms with Crippen molar-refractivity contribution in [3.63, 3.8) is 0 Å². The number of benzene rings is 5. The molecule has 8 aromatic rings. The number of carbonyl (C=O) groups excluding carboxylic acids is 2. The van der Waals surface area contributed by atoms with Gasteiger partial charge in [-0.1, -0.05) is 109 Å². The maximum Gasteiger partial charge on any atom is 0.124 e.